The molecule has 1 aliphatic rings. The lowest BCUT2D eigenvalue weighted by molar-refractivity contribution is 0.0655. The Morgan fingerprint density at radius 2 is 1.77 bits per heavy atom. The SMILES string of the molecule is C[C@@H]1CNCCN1C(=O)c1ccc(S(=O)(=O)Cc2ccccc2)cc1.Cl. The van der Waals surface area contributed by atoms with Crippen LogP contribution in [0, 0.1) is 0 Å². The largest absolute Gasteiger partial charge is 0.333 e. The van der Waals surface area contributed by atoms with Crippen molar-refractivity contribution < 1.29 is 13.2 Å². The summed E-state index contributed by atoms with van der Waals surface area (Å²) >= 11 is 0. The van der Waals surface area contributed by atoms with E-state index in [1.54, 1.807) is 24.3 Å². The minimum atomic E-state index is -3.43. The molecule has 1 saturated heterocycles. The highest BCUT2D eigenvalue weighted by molar-refractivity contribution is 7.90. The average Bonchev–Trinajstić information content (AvgIpc) is 2.62. The number of piperazine rings is 1. The van der Waals surface area contributed by atoms with Crippen LogP contribution < -0.4 is 5.32 Å². The van der Waals surface area contributed by atoms with E-state index in [4.69, 9.17) is 0 Å². The first-order chi connectivity index (χ1) is 12.0. The Kier molecular flexibility index (Phi) is 6.81. The minimum absolute atomic E-state index is 0. The first-order valence-corrected chi connectivity index (χ1v) is 10.0. The Labute approximate surface area is 160 Å². The number of sulfone groups is 1. The molecular weight excluding hydrogens is 372 g/mol. The smallest absolute Gasteiger partial charge is 0.254 e. The summed E-state index contributed by atoms with van der Waals surface area (Å²) in [5, 5.41) is 3.25. The van der Waals surface area contributed by atoms with E-state index in [-0.39, 0.29) is 35.0 Å². The van der Waals surface area contributed by atoms with Gasteiger partial charge in [0, 0.05) is 31.2 Å². The summed E-state index contributed by atoms with van der Waals surface area (Å²) in [4.78, 5) is 14.7. The van der Waals surface area contributed by atoms with Gasteiger partial charge in [0.2, 0.25) is 0 Å². The van der Waals surface area contributed by atoms with Crippen LogP contribution in [0.4, 0.5) is 0 Å². The van der Waals surface area contributed by atoms with Crippen molar-refractivity contribution in [3.63, 3.8) is 0 Å². The van der Waals surface area contributed by atoms with Gasteiger partial charge in [0.15, 0.2) is 9.84 Å². The maximum Gasteiger partial charge on any atom is 0.254 e. The monoisotopic (exact) mass is 394 g/mol. The van der Waals surface area contributed by atoms with Crippen LogP contribution in [0.3, 0.4) is 0 Å². The highest BCUT2D eigenvalue weighted by Gasteiger charge is 2.24. The van der Waals surface area contributed by atoms with E-state index in [1.165, 1.54) is 12.1 Å². The lowest BCUT2D eigenvalue weighted by atomic mass is 10.1. The fourth-order valence-electron chi connectivity index (χ4n) is 2.99. The summed E-state index contributed by atoms with van der Waals surface area (Å²) in [6, 6.07) is 15.5. The third kappa shape index (κ3) is 4.63. The second-order valence-electron chi connectivity index (χ2n) is 6.32. The number of carbonyl (C=O) groups is 1. The summed E-state index contributed by atoms with van der Waals surface area (Å²) in [6.07, 6.45) is 0. The Balaban J connectivity index is 0.00000243. The molecule has 2 aromatic carbocycles. The molecule has 0 bridgehead atoms. The zero-order valence-electron chi connectivity index (χ0n) is 14.6. The number of hydrogen-bond donors (Lipinski definition) is 1. The van der Waals surface area contributed by atoms with Gasteiger partial charge in [-0.3, -0.25) is 4.79 Å². The van der Waals surface area contributed by atoms with Gasteiger partial charge in [-0.15, -0.1) is 12.4 Å². The molecule has 0 spiro atoms. The molecule has 1 fully saturated rings. The van der Waals surface area contributed by atoms with E-state index in [2.05, 4.69) is 5.32 Å². The number of nitrogens with zero attached hydrogens (tertiary/aromatic N) is 1. The van der Waals surface area contributed by atoms with E-state index in [9.17, 15) is 13.2 Å². The molecule has 1 amide bonds. The molecule has 0 saturated carbocycles. The van der Waals surface area contributed by atoms with Crippen molar-refractivity contribution in [2.75, 3.05) is 19.6 Å². The Hall–Kier alpha value is -1.89. The predicted octanol–water partition coefficient (Wildman–Crippen LogP) is 2.52. The van der Waals surface area contributed by atoms with Crippen molar-refractivity contribution >= 4 is 28.2 Å². The van der Waals surface area contributed by atoms with Crippen LogP contribution in [0.5, 0.6) is 0 Å². The molecule has 1 aliphatic heterocycles. The molecule has 3 rings (SSSR count). The van der Waals surface area contributed by atoms with Crippen LogP contribution in [0.25, 0.3) is 0 Å². The second-order valence-corrected chi connectivity index (χ2v) is 8.31. The topological polar surface area (TPSA) is 66.5 Å². The third-order valence-corrected chi connectivity index (χ3v) is 6.13. The molecule has 26 heavy (non-hydrogen) atoms. The number of halogens is 1. The van der Waals surface area contributed by atoms with Crippen molar-refractivity contribution in [1.82, 2.24) is 10.2 Å². The van der Waals surface area contributed by atoms with Crippen LogP contribution in [-0.2, 0) is 15.6 Å². The van der Waals surface area contributed by atoms with E-state index in [0.717, 1.165) is 18.7 Å². The summed E-state index contributed by atoms with van der Waals surface area (Å²) in [5.74, 6) is -0.100. The third-order valence-electron chi connectivity index (χ3n) is 4.42. The first-order valence-electron chi connectivity index (χ1n) is 8.36. The Morgan fingerprint density at radius 1 is 1.12 bits per heavy atom. The molecule has 0 aliphatic carbocycles. The Bertz CT molecular complexity index is 839. The highest BCUT2D eigenvalue weighted by Crippen LogP contribution is 2.18. The lowest BCUT2D eigenvalue weighted by Crippen LogP contribution is -2.52. The van der Waals surface area contributed by atoms with E-state index in [1.807, 2.05) is 30.0 Å². The van der Waals surface area contributed by atoms with Gasteiger partial charge in [-0.05, 0) is 36.8 Å². The van der Waals surface area contributed by atoms with E-state index >= 15 is 0 Å². The number of amides is 1. The molecule has 5 nitrogen and oxygen atoms in total. The van der Waals surface area contributed by atoms with Crippen molar-refractivity contribution in [1.29, 1.82) is 0 Å². The molecule has 2 aromatic rings. The molecule has 1 N–H and O–H groups in total. The first kappa shape index (κ1) is 20.4. The number of nitrogens with one attached hydrogen (secondary N) is 1. The minimum Gasteiger partial charge on any atom is -0.333 e. The number of carbonyl (C=O) groups excluding carboxylic acids is 1. The van der Waals surface area contributed by atoms with Crippen LogP contribution in [0.2, 0.25) is 0 Å². The van der Waals surface area contributed by atoms with E-state index < -0.39 is 9.84 Å². The maximum absolute atomic E-state index is 12.6. The molecule has 0 unspecified atom stereocenters. The molecule has 7 heteroatoms. The van der Waals surface area contributed by atoms with Gasteiger partial charge in [-0.1, -0.05) is 30.3 Å². The fourth-order valence-corrected chi connectivity index (χ4v) is 4.34. The zero-order chi connectivity index (χ0) is 17.9. The standard InChI is InChI=1S/C19H22N2O3S.ClH/c1-15-13-20-11-12-21(15)19(22)17-7-9-18(10-8-17)25(23,24)14-16-5-3-2-4-6-16;/h2-10,15,20H,11-14H2,1H3;1H/t15-;/m1./s1. The summed E-state index contributed by atoms with van der Waals surface area (Å²) < 4.78 is 25.1. The molecule has 140 valence electrons. The fraction of sp³-hybridized carbons (Fsp3) is 0.316. The average molecular weight is 395 g/mol. The zero-order valence-corrected chi connectivity index (χ0v) is 16.2. The van der Waals surface area contributed by atoms with Crippen LogP contribution in [0.1, 0.15) is 22.8 Å². The quantitative estimate of drug-likeness (QED) is 0.865. The highest BCUT2D eigenvalue weighted by atomic mass is 35.5. The van der Waals surface area contributed by atoms with Crippen molar-refractivity contribution in [3.05, 3.63) is 65.7 Å². The number of hydrogen-bond acceptors (Lipinski definition) is 4. The van der Waals surface area contributed by atoms with Crippen LogP contribution in [-0.4, -0.2) is 44.9 Å². The molecule has 1 heterocycles. The lowest BCUT2D eigenvalue weighted by Gasteiger charge is -2.34. The summed E-state index contributed by atoms with van der Waals surface area (Å²) in [6.45, 7) is 4.21. The summed E-state index contributed by atoms with van der Waals surface area (Å²) in [5.41, 5.74) is 1.27. The van der Waals surface area contributed by atoms with Gasteiger partial charge in [-0.2, -0.15) is 0 Å². The molecule has 0 radical (unpaired) electrons. The van der Waals surface area contributed by atoms with Crippen molar-refractivity contribution in [3.8, 4) is 0 Å². The van der Waals surface area contributed by atoms with Gasteiger partial charge in [0.25, 0.3) is 5.91 Å². The maximum atomic E-state index is 12.6. The van der Waals surface area contributed by atoms with Gasteiger partial charge in [-0.25, -0.2) is 8.42 Å². The summed E-state index contributed by atoms with van der Waals surface area (Å²) in [7, 11) is -3.43. The van der Waals surface area contributed by atoms with Gasteiger partial charge in [0.1, 0.15) is 0 Å². The van der Waals surface area contributed by atoms with Gasteiger partial charge < -0.3 is 10.2 Å². The van der Waals surface area contributed by atoms with Crippen LogP contribution >= 0.6 is 12.4 Å². The predicted molar refractivity (Wildman–Crippen MR) is 104 cm³/mol. The number of rotatable bonds is 4. The normalized spacial score (nSPS) is 17.4. The van der Waals surface area contributed by atoms with Gasteiger partial charge >= 0.3 is 0 Å². The number of benzene rings is 2. The van der Waals surface area contributed by atoms with E-state index in [0.29, 0.717) is 12.1 Å². The molecule has 0 aromatic heterocycles. The van der Waals surface area contributed by atoms with Crippen molar-refractivity contribution in [2.24, 2.45) is 0 Å². The van der Waals surface area contributed by atoms with Crippen molar-refractivity contribution in [2.45, 2.75) is 23.6 Å². The van der Waals surface area contributed by atoms with Crippen LogP contribution in [0.15, 0.2) is 59.5 Å². The van der Waals surface area contributed by atoms with Gasteiger partial charge in [0.05, 0.1) is 10.6 Å². The second kappa shape index (κ2) is 8.66. The molecular formula is C19H23ClN2O3S. The Morgan fingerprint density at radius 3 is 2.38 bits per heavy atom. The molecule has 1 atom stereocenters.